The summed E-state index contributed by atoms with van der Waals surface area (Å²) in [6.45, 7) is 14.8. The van der Waals surface area contributed by atoms with Gasteiger partial charge in [0, 0.05) is 34.4 Å². The minimum Gasteiger partial charge on any atom is -0.305 e. The highest BCUT2D eigenvalue weighted by molar-refractivity contribution is 5.53. The van der Waals surface area contributed by atoms with Gasteiger partial charge in [0.1, 0.15) is 22.5 Å². The molecule has 0 aliphatic rings. The van der Waals surface area contributed by atoms with Crippen LogP contribution in [0.3, 0.4) is 0 Å². The average Bonchev–Trinajstić information content (AvgIpc) is 3.78. The van der Waals surface area contributed by atoms with E-state index in [4.69, 9.17) is 47.5 Å². The highest BCUT2D eigenvalue weighted by Crippen LogP contribution is 2.22. The molecule has 6 rings (SSSR count). The Morgan fingerprint density at radius 1 is 0.467 bits per heavy atom. The summed E-state index contributed by atoms with van der Waals surface area (Å²) < 4.78 is 76.4. The Morgan fingerprint density at radius 2 is 0.733 bits per heavy atom. The Morgan fingerprint density at radius 3 is 1.00 bits per heavy atom. The van der Waals surface area contributed by atoms with Gasteiger partial charge in [-0.2, -0.15) is 9.13 Å². The van der Waals surface area contributed by atoms with E-state index in [1.807, 2.05) is 21.5 Å². The first-order valence-corrected chi connectivity index (χ1v) is 21.0. The minimum atomic E-state index is -4.94. The molecule has 0 atom stereocenters. The third-order valence-corrected chi connectivity index (χ3v) is 8.22. The molecule has 2 heterocycles. The molecule has 60 heavy (non-hydrogen) atoms. The van der Waals surface area contributed by atoms with Crippen LogP contribution in [0.25, 0.3) is 34.2 Å². The summed E-state index contributed by atoms with van der Waals surface area (Å²) >= 11 is 0. The summed E-state index contributed by atoms with van der Waals surface area (Å²) in [7, 11) is -1.51. The van der Waals surface area contributed by atoms with Crippen LogP contribution in [0, 0.1) is 20.5 Å². The Labute approximate surface area is 356 Å². The van der Waals surface area contributed by atoms with Crippen molar-refractivity contribution < 1.29 is 66.9 Å². The Hall–Kier alpha value is -4.66. The number of hydrogen-bond acceptors (Lipinski definition) is 12. The molecule has 0 radical (unpaired) electrons. The molecule has 18 heteroatoms. The quantitative estimate of drug-likeness (QED) is 0.148. The molecule has 0 amide bonds. The molecule has 2 aromatic heterocycles. The first kappa shape index (κ1) is 49.7. The molecule has 0 spiro atoms. The van der Waals surface area contributed by atoms with Gasteiger partial charge in [0.15, 0.2) is 0 Å². The van der Waals surface area contributed by atoms with E-state index in [1.165, 1.54) is 22.5 Å². The van der Waals surface area contributed by atoms with Gasteiger partial charge >= 0.3 is 11.6 Å². The number of halogens is 2. The normalized spacial score (nSPS) is 11.9. The van der Waals surface area contributed by atoms with Crippen LogP contribution in [-0.4, -0.2) is 57.6 Å². The Balaban J connectivity index is 0.000000262. The highest BCUT2D eigenvalue weighted by Gasteiger charge is 2.30. The van der Waals surface area contributed by atoms with E-state index >= 15 is 0 Å². The van der Waals surface area contributed by atoms with Crippen LogP contribution in [0.2, 0.25) is 0 Å². The molecule has 16 nitrogen and oxygen atoms in total. The Kier molecular flexibility index (Phi) is 17.6. The zero-order valence-corrected chi connectivity index (χ0v) is 37.1. The van der Waals surface area contributed by atoms with Crippen molar-refractivity contribution >= 4 is 0 Å². The summed E-state index contributed by atoms with van der Waals surface area (Å²) in [6, 6.07) is 37.8. The lowest BCUT2D eigenvalue weighted by molar-refractivity contribution is -2.00. The zero-order valence-electron chi connectivity index (χ0n) is 35.6. The predicted octanol–water partition coefficient (Wildman–Crippen LogP) is -2.23. The van der Waals surface area contributed by atoms with E-state index in [9.17, 15) is 0 Å². The van der Waals surface area contributed by atoms with E-state index in [-0.39, 0.29) is 11.1 Å². The van der Waals surface area contributed by atoms with E-state index in [1.54, 1.807) is 0 Å². The number of nitrogens with zero attached hydrogens (tertiary/aromatic N) is 8. The topological polar surface area (TPSA) is 234 Å². The molecule has 324 valence electrons. The van der Waals surface area contributed by atoms with E-state index in [2.05, 4.69) is 198 Å². The van der Waals surface area contributed by atoms with Crippen LogP contribution in [0.4, 0.5) is 0 Å². The van der Waals surface area contributed by atoms with E-state index < -0.39 is 20.5 Å². The lowest BCUT2D eigenvalue weighted by Crippen LogP contribution is -2.68. The number of benzene rings is 4. The van der Waals surface area contributed by atoms with Gasteiger partial charge in [-0.15, -0.1) is 29.8 Å². The molecular weight excluding hydrogens is 815 g/mol. The summed E-state index contributed by atoms with van der Waals surface area (Å²) in [5.41, 5.74) is 6.98. The second-order valence-corrected chi connectivity index (χ2v) is 17.6. The SMILES string of the molecule is CN(C)Cc1ccccc1-[n+]1cn(C(C)(C)C)nc1-c1ccccc1.CN(C)Cc1ccccc1-[n+]1cn(C(C)(C)C)nc1-c1ccccc1.[O-][Cl+3]([O-])([O-])[O-].[O-][Cl+3]([O-])([O-])[O-]. The van der Waals surface area contributed by atoms with Gasteiger partial charge in [-0.1, -0.05) is 72.8 Å². The van der Waals surface area contributed by atoms with Crippen molar-refractivity contribution in [1.29, 1.82) is 0 Å². The Bertz CT molecular complexity index is 2040. The van der Waals surface area contributed by atoms with Gasteiger partial charge in [-0.05, 0) is 106 Å². The molecule has 0 saturated carbocycles. The van der Waals surface area contributed by atoms with Crippen molar-refractivity contribution in [1.82, 2.24) is 29.4 Å². The zero-order chi connectivity index (χ0) is 45.1. The number of rotatable bonds is 8. The van der Waals surface area contributed by atoms with Crippen molar-refractivity contribution in [3.05, 3.63) is 133 Å². The number of aromatic nitrogens is 6. The fraction of sp³-hybridized carbons (Fsp3) is 0.333. The molecule has 0 aliphatic heterocycles. The molecule has 6 aromatic rings. The summed E-state index contributed by atoms with van der Waals surface area (Å²) in [6.07, 6.45) is 4.22. The van der Waals surface area contributed by atoms with Crippen LogP contribution in [0.5, 0.6) is 0 Å². The van der Waals surface area contributed by atoms with Gasteiger partial charge in [-0.25, -0.2) is 37.3 Å². The predicted molar refractivity (Wildman–Crippen MR) is 203 cm³/mol. The van der Waals surface area contributed by atoms with E-state index in [0.717, 1.165) is 35.9 Å². The van der Waals surface area contributed by atoms with Crippen LogP contribution in [0.1, 0.15) is 52.7 Å². The summed E-state index contributed by atoms with van der Waals surface area (Å²) in [4.78, 5) is 4.38. The van der Waals surface area contributed by atoms with Crippen molar-refractivity contribution in [2.45, 2.75) is 65.7 Å². The smallest absolute Gasteiger partial charge is 0.305 e. The van der Waals surface area contributed by atoms with Gasteiger partial charge in [0.2, 0.25) is 12.7 Å². The number of hydrogen-bond donors (Lipinski definition) is 0. The lowest BCUT2D eigenvalue weighted by atomic mass is 10.1. The van der Waals surface area contributed by atoms with Crippen molar-refractivity contribution in [2.75, 3.05) is 28.2 Å². The minimum absolute atomic E-state index is 0.0781. The lowest BCUT2D eigenvalue weighted by Gasteiger charge is -2.17. The first-order chi connectivity index (χ1) is 27.7. The van der Waals surface area contributed by atoms with Crippen LogP contribution in [-0.2, 0) is 24.2 Å². The van der Waals surface area contributed by atoms with Crippen molar-refractivity contribution in [3.63, 3.8) is 0 Å². The monoisotopic (exact) mass is 868 g/mol. The maximum atomic E-state index is 8.49. The molecule has 0 saturated heterocycles. The standard InChI is InChI=1S/2C21H27N4.2ClHO4/c2*1-21(2,3)25-16-24(20(22-25)17-11-7-6-8-12-17)19-14-10-9-13-18(19)15-23(4)5;2*2-1(3,4)5/h2*6-14,16H,15H2,1-5H3;2*(H,2,3,4,5)/q2*+1;;/p-2. The third kappa shape index (κ3) is 16.8. The molecule has 0 fully saturated rings. The molecule has 0 N–H and O–H groups in total. The maximum absolute atomic E-state index is 8.49. The van der Waals surface area contributed by atoms with Gasteiger partial charge in [-0.3, -0.25) is 0 Å². The molecule has 0 aliphatic carbocycles. The fourth-order valence-electron chi connectivity index (χ4n) is 5.69. The maximum Gasteiger partial charge on any atom is 0.313 e. The average molecular weight is 870 g/mol. The van der Waals surface area contributed by atoms with Crippen LogP contribution >= 0.6 is 0 Å². The number of para-hydroxylation sites is 2. The van der Waals surface area contributed by atoms with Crippen molar-refractivity contribution in [2.24, 2.45) is 0 Å². The fourth-order valence-corrected chi connectivity index (χ4v) is 5.69. The largest absolute Gasteiger partial charge is 0.313 e. The second-order valence-electron chi connectivity index (χ2n) is 16.1. The molecule has 0 unspecified atom stereocenters. The van der Waals surface area contributed by atoms with Gasteiger partial charge < -0.3 is 9.80 Å². The molecular formula is C42H54Cl2N8O8. The molecule has 4 aromatic carbocycles. The van der Waals surface area contributed by atoms with Crippen molar-refractivity contribution in [3.8, 4) is 34.2 Å². The highest BCUT2D eigenvalue weighted by atomic mass is 35.7. The van der Waals surface area contributed by atoms with Gasteiger partial charge in [0.05, 0.1) is 11.1 Å². The van der Waals surface area contributed by atoms with E-state index in [0.29, 0.717) is 0 Å². The van der Waals surface area contributed by atoms with Crippen LogP contribution in [0.15, 0.2) is 122 Å². The summed E-state index contributed by atoms with van der Waals surface area (Å²) in [5.74, 6) is 1.92. The second kappa shape index (κ2) is 21.2. The van der Waals surface area contributed by atoms with Crippen LogP contribution < -0.4 is 46.4 Å². The molecule has 0 bridgehead atoms. The first-order valence-electron chi connectivity index (χ1n) is 18.6. The van der Waals surface area contributed by atoms with Gasteiger partial charge in [0.25, 0.3) is 0 Å². The summed E-state index contributed by atoms with van der Waals surface area (Å²) in [5, 5.41) is 9.83. The third-order valence-electron chi connectivity index (χ3n) is 8.22.